The van der Waals surface area contributed by atoms with Gasteiger partial charge in [-0.2, -0.15) is 0 Å². The first kappa shape index (κ1) is 17.3. The molecule has 0 N–H and O–H groups in total. The van der Waals surface area contributed by atoms with Gasteiger partial charge in [0, 0.05) is 18.3 Å². The number of methoxy groups -OCH3 is 1. The van der Waals surface area contributed by atoms with Crippen LogP contribution in [0.25, 0.3) is 11.3 Å². The fourth-order valence-electron chi connectivity index (χ4n) is 3.97. The number of hydrogen-bond donors (Lipinski definition) is 0. The number of aromatic nitrogens is 1. The Hall–Kier alpha value is -3.08. The molecule has 0 spiro atoms. The lowest BCUT2D eigenvalue weighted by Crippen LogP contribution is -2.37. The second-order valence-electron chi connectivity index (χ2n) is 6.76. The highest BCUT2D eigenvalue weighted by atomic mass is 16.5. The van der Waals surface area contributed by atoms with E-state index in [4.69, 9.17) is 9.15 Å². The molecule has 1 aliphatic rings. The van der Waals surface area contributed by atoms with E-state index in [1.807, 2.05) is 41.3 Å². The van der Waals surface area contributed by atoms with E-state index in [1.165, 1.54) is 6.39 Å². The Morgan fingerprint density at radius 3 is 2.70 bits per heavy atom. The number of ether oxygens (including phenoxy) is 1. The summed E-state index contributed by atoms with van der Waals surface area (Å²) in [5, 5.41) is 0. The van der Waals surface area contributed by atoms with Crippen LogP contribution in [-0.2, 0) is 10.2 Å². The number of rotatable bonds is 5. The normalized spacial score (nSPS) is 19.5. The maximum Gasteiger partial charge on any atom is 0.237 e. The van der Waals surface area contributed by atoms with Gasteiger partial charge in [-0.15, -0.1) is 0 Å². The topological polar surface area (TPSA) is 55.6 Å². The van der Waals surface area contributed by atoms with Crippen molar-refractivity contribution in [2.75, 3.05) is 18.6 Å². The molecular formula is C22H22N2O3. The average molecular weight is 362 g/mol. The third kappa shape index (κ3) is 2.79. The van der Waals surface area contributed by atoms with Crippen LogP contribution in [-0.4, -0.2) is 24.5 Å². The molecule has 27 heavy (non-hydrogen) atoms. The van der Waals surface area contributed by atoms with Gasteiger partial charge in [-0.05, 0) is 30.5 Å². The molecule has 0 aliphatic carbocycles. The molecule has 0 radical (unpaired) electrons. The third-order valence-corrected chi connectivity index (χ3v) is 5.54. The Morgan fingerprint density at radius 2 is 2.04 bits per heavy atom. The van der Waals surface area contributed by atoms with E-state index >= 15 is 0 Å². The van der Waals surface area contributed by atoms with E-state index in [2.05, 4.69) is 24.0 Å². The summed E-state index contributed by atoms with van der Waals surface area (Å²) in [6.45, 7) is 2.77. The maximum atomic E-state index is 13.4. The molecule has 0 saturated carbocycles. The molecule has 1 aliphatic heterocycles. The zero-order valence-corrected chi connectivity index (χ0v) is 15.5. The second kappa shape index (κ2) is 6.91. The Kier molecular flexibility index (Phi) is 4.44. The minimum atomic E-state index is -0.460. The molecule has 138 valence electrons. The number of benzene rings is 2. The minimum absolute atomic E-state index is 0.144. The van der Waals surface area contributed by atoms with Crippen LogP contribution >= 0.6 is 0 Å². The predicted octanol–water partition coefficient (Wildman–Crippen LogP) is 4.43. The first-order valence-electron chi connectivity index (χ1n) is 9.14. The van der Waals surface area contributed by atoms with Gasteiger partial charge in [0.25, 0.3) is 0 Å². The molecule has 1 fully saturated rings. The SMILES string of the molecule is CC[C@@]1(c2ccccc2)CCN(c2ccc(-c3cnco3)c(OC)c2)C1=O. The van der Waals surface area contributed by atoms with Gasteiger partial charge in [0.05, 0.1) is 24.3 Å². The Balaban J connectivity index is 1.70. The number of amides is 1. The van der Waals surface area contributed by atoms with Gasteiger partial charge in [-0.1, -0.05) is 37.3 Å². The van der Waals surface area contributed by atoms with Crippen LogP contribution in [0.3, 0.4) is 0 Å². The van der Waals surface area contributed by atoms with Crippen molar-refractivity contribution in [3.05, 3.63) is 66.7 Å². The predicted molar refractivity (Wildman–Crippen MR) is 104 cm³/mol. The van der Waals surface area contributed by atoms with Crippen molar-refractivity contribution in [1.82, 2.24) is 4.98 Å². The van der Waals surface area contributed by atoms with Crippen LogP contribution in [0, 0.1) is 0 Å². The summed E-state index contributed by atoms with van der Waals surface area (Å²) in [4.78, 5) is 19.3. The molecular weight excluding hydrogens is 340 g/mol. The van der Waals surface area contributed by atoms with Crippen LogP contribution < -0.4 is 9.64 Å². The number of nitrogens with zero attached hydrogens (tertiary/aromatic N) is 2. The van der Waals surface area contributed by atoms with E-state index in [-0.39, 0.29) is 5.91 Å². The number of carbonyl (C=O) groups is 1. The summed E-state index contributed by atoms with van der Waals surface area (Å²) in [5.74, 6) is 1.44. The van der Waals surface area contributed by atoms with Crippen LogP contribution in [0.2, 0.25) is 0 Å². The highest BCUT2D eigenvalue weighted by molar-refractivity contribution is 6.03. The largest absolute Gasteiger partial charge is 0.496 e. The van der Waals surface area contributed by atoms with Crippen LogP contribution in [0.15, 0.2) is 65.5 Å². The van der Waals surface area contributed by atoms with Crippen molar-refractivity contribution in [2.24, 2.45) is 0 Å². The Labute approximate surface area is 158 Å². The molecule has 0 unspecified atom stereocenters. The zero-order chi connectivity index (χ0) is 18.9. The summed E-state index contributed by atoms with van der Waals surface area (Å²) in [6.07, 6.45) is 4.62. The lowest BCUT2D eigenvalue weighted by Gasteiger charge is -2.27. The summed E-state index contributed by atoms with van der Waals surface area (Å²) in [6, 6.07) is 15.8. The summed E-state index contributed by atoms with van der Waals surface area (Å²) in [5.41, 5.74) is 2.28. The van der Waals surface area contributed by atoms with Crippen molar-refractivity contribution >= 4 is 11.6 Å². The van der Waals surface area contributed by atoms with Gasteiger partial charge >= 0.3 is 0 Å². The second-order valence-corrected chi connectivity index (χ2v) is 6.76. The molecule has 1 atom stereocenters. The number of oxazole rings is 1. The van der Waals surface area contributed by atoms with E-state index in [0.29, 0.717) is 18.1 Å². The zero-order valence-electron chi connectivity index (χ0n) is 15.5. The van der Waals surface area contributed by atoms with Crippen molar-refractivity contribution in [3.63, 3.8) is 0 Å². The van der Waals surface area contributed by atoms with Gasteiger partial charge in [0.1, 0.15) is 5.75 Å². The molecule has 1 aromatic heterocycles. The maximum absolute atomic E-state index is 13.4. The van der Waals surface area contributed by atoms with Gasteiger partial charge in [-0.3, -0.25) is 4.79 Å². The Morgan fingerprint density at radius 1 is 1.22 bits per heavy atom. The molecule has 5 heteroatoms. The van der Waals surface area contributed by atoms with E-state index in [0.717, 1.165) is 29.7 Å². The number of carbonyl (C=O) groups excluding carboxylic acids is 1. The van der Waals surface area contributed by atoms with E-state index in [9.17, 15) is 4.79 Å². The third-order valence-electron chi connectivity index (χ3n) is 5.54. The standard InChI is InChI=1S/C22H22N2O3/c1-3-22(16-7-5-4-6-8-16)11-12-24(21(22)25)17-9-10-18(19(13-17)26-2)20-14-23-15-27-20/h4-10,13-15H,3,11-12H2,1-2H3/t22-/m0/s1. The average Bonchev–Trinajstić information content (AvgIpc) is 3.37. The van der Waals surface area contributed by atoms with Crippen molar-refractivity contribution in [2.45, 2.75) is 25.2 Å². The summed E-state index contributed by atoms with van der Waals surface area (Å²) >= 11 is 0. The molecule has 1 saturated heterocycles. The molecule has 2 aromatic carbocycles. The van der Waals surface area contributed by atoms with Crippen LogP contribution in [0.5, 0.6) is 5.75 Å². The van der Waals surface area contributed by atoms with E-state index < -0.39 is 5.41 Å². The minimum Gasteiger partial charge on any atom is -0.496 e. The number of hydrogen-bond acceptors (Lipinski definition) is 4. The molecule has 4 rings (SSSR count). The fraction of sp³-hybridized carbons (Fsp3) is 0.273. The molecule has 3 aromatic rings. The van der Waals surface area contributed by atoms with Gasteiger partial charge in [0.15, 0.2) is 12.2 Å². The molecule has 5 nitrogen and oxygen atoms in total. The van der Waals surface area contributed by atoms with Gasteiger partial charge in [-0.25, -0.2) is 4.98 Å². The molecule has 1 amide bonds. The smallest absolute Gasteiger partial charge is 0.237 e. The van der Waals surface area contributed by atoms with Gasteiger partial charge < -0.3 is 14.1 Å². The van der Waals surface area contributed by atoms with Crippen LogP contribution in [0.4, 0.5) is 5.69 Å². The lowest BCUT2D eigenvalue weighted by molar-refractivity contribution is -0.122. The molecule has 2 heterocycles. The quantitative estimate of drug-likeness (QED) is 0.673. The lowest BCUT2D eigenvalue weighted by atomic mass is 9.77. The van der Waals surface area contributed by atoms with Crippen molar-refractivity contribution in [3.8, 4) is 17.1 Å². The first-order chi connectivity index (χ1) is 13.2. The first-order valence-corrected chi connectivity index (χ1v) is 9.14. The number of anilines is 1. The van der Waals surface area contributed by atoms with Crippen LogP contribution in [0.1, 0.15) is 25.3 Å². The molecule has 0 bridgehead atoms. The fourth-order valence-corrected chi connectivity index (χ4v) is 3.97. The highest BCUT2D eigenvalue weighted by Crippen LogP contribution is 2.42. The van der Waals surface area contributed by atoms with Crippen molar-refractivity contribution < 1.29 is 13.9 Å². The highest BCUT2D eigenvalue weighted by Gasteiger charge is 2.47. The Bertz CT molecular complexity index is 937. The van der Waals surface area contributed by atoms with Gasteiger partial charge in [0.2, 0.25) is 5.91 Å². The summed E-state index contributed by atoms with van der Waals surface area (Å²) in [7, 11) is 1.62. The summed E-state index contributed by atoms with van der Waals surface area (Å²) < 4.78 is 10.9. The monoisotopic (exact) mass is 362 g/mol. The van der Waals surface area contributed by atoms with E-state index in [1.54, 1.807) is 13.3 Å². The van der Waals surface area contributed by atoms with Crippen molar-refractivity contribution in [1.29, 1.82) is 0 Å².